The van der Waals surface area contributed by atoms with Gasteiger partial charge in [-0.1, -0.05) is 0 Å². The van der Waals surface area contributed by atoms with Crippen molar-refractivity contribution in [2.24, 2.45) is 0 Å². The Morgan fingerprint density at radius 3 is 2.26 bits per heavy atom. The standard InChI is InChI=1S/C12H13F4NO2/c1-3-19-9(18)4-6(2)17-12-10(15)7(13)5-8(14)11(12)16/h5-6,17H,3-4H2,1-2H3. The summed E-state index contributed by atoms with van der Waals surface area (Å²) in [5.74, 6) is -6.67. The average Bonchev–Trinajstić information content (AvgIpc) is 2.32. The predicted molar refractivity (Wildman–Crippen MR) is 60.6 cm³/mol. The zero-order valence-corrected chi connectivity index (χ0v) is 10.4. The summed E-state index contributed by atoms with van der Waals surface area (Å²) in [6, 6.07) is -0.629. The van der Waals surface area contributed by atoms with Crippen molar-refractivity contribution in [2.75, 3.05) is 11.9 Å². The Morgan fingerprint density at radius 1 is 1.26 bits per heavy atom. The maximum atomic E-state index is 13.3. The summed E-state index contributed by atoms with van der Waals surface area (Å²) in [6.07, 6.45) is -0.190. The number of rotatable bonds is 5. The van der Waals surface area contributed by atoms with Crippen LogP contribution in [0.5, 0.6) is 0 Å². The van der Waals surface area contributed by atoms with Crippen molar-refractivity contribution in [3.8, 4) is 0 Å². The highest BCUT2D eigenvalue weighted by Crippen LogP contribution is 2.25. The van der Waals surface area contributed by atoms with Crippen LogP contribution in [0.25, 0.3) is 0 Å². The predicted octanol–water partition coefficient (Wildman–Crippen LogP) is 3.00. The van der Waals surface area contributed by atoms with Crippen LogP contribution in [-0.4, -0.2) is 18.6 Å². The zero-order chi connectivity index (χ0) is 14.6. The van der Waals surface area contributed by atoms with E-state index in [0.717, 1.165) is 0 Å². The molecule has 1 aromatic rings. The number of nitrogens with one attached hydrogen (secondary N) is 1. The first-order valence-corrected chi connectivity index (χ1v) is 5.62. The molecule has 0 radical (unpaired) electrons. The molecule has 0 amide bonds. The summed E-state index contributed by atoms with van der Waals surface area (Å²) in [6.45, 7) is 3.21. The number of hydrogen-bond acceptors (Lipinski definition) is 3. The van der Waals surface area contributed by atoms with Gasteiger partial charge in [-0.3, -0.25) is 4.79 Å². The second kappa shape index (κ2) is 6.40. The molecule has 0 aliphatic carbocycles. The lowest BCUT2D eigenvalue weighted by Crippen LogP contribution is -2.23. The van der Waals surface area contributed by atoms with Gasteiger partial charge in [0.15, 0.2) is 23.3 Å². The zero-order valence-electron chi connectivity index (χ0n) is 10.4. The van der Waals surface area contributed by atoms with Gasteiger partial charge in [0.2, 0.25) is 0 Å². The molecule has 0 saturated heterocycles. The monoisotopic (exact) mass is 279 g/mol. The van der Waals surface area contributed by atoms with Gasteiger partial charge in [-0.05, 0) is 13.8 Å². The maximum Gasteiger partial charge on any atom is 0.307 e. The number of hydrogen-bond donors (Lipinski definition) is 1. The minimum atomic E-state index is -1.53. The highest BCUT2D eigenvalue weighted by molar-refractivity contribution is 5.70. The molecule has 19 heavy (non-hydrogen) atoms. The Labute approximate surface area is 107 Å². The Morgan fingerprint density at radius 2 is 1.79 bits per heavy atom. The third-order valence-electron chi connectivity index (χ3n) is 2.28. The van der Waals surface area contributed by atoms with Gasteiger partial charge in [0.25, 0.3) is 0 Å². The number of halogens is 4. The number of esters is 1. The van der Waals surface area contributed by atoms with Crippen LogP contribution < -0.4 is 5.32 Å². The minimum absolute atomic E-state index is 0.117. The average molecular weight is 279 g/mol. The smallest absolute Gasteiger partial charge is 0.307 e. The van der Waals surface area contributed by atoms with Crippen LogP contribution in [0.15, 0.2) is 6.07 Å². The molecular weight excluding hydrogens is 266 g/mol. The van der Waals surface area contributed by atoms with Crippen LogP contribution >= 0.6 is 0 Å². The fourth-order valence-electron chi connectivity index (χ4n) is 1.47. The van der Waals surface area contributed by atoms with E-state index in [-0.39, 0.29) is 19.1 Å². The van der Waals surface area contributed by atoms with Crippen LogP contribution in [0, 0.1) is 23.3 Å². The number of benzene rings is 1. The summed E-state index contributed by atoms with van der Waals surface area (Å²) < 4.78 is 57.2. The summed E-state index contributed by atoms with van der Waals surface area (Å²) >= 11 is 0. The first-order chi connectivity index (χ1) is 8.86. The molecule has 0 aromatic heterocycles. The Kier molecular flexibility index (Phi) is 5.14. The van der Waals surface area contributed by atoms with E-state index in [4.69, 9.17) is 0 Å². The van der Waals surface area contributed by atoms with E-state index >= 15 is 0 Å². The van der Waals surface area contributed by atoms with Gasteiger partial charge in [-0.25, -0.2) is 17.6 Å². The van der Waals surface area contributed by atoms with Gasteiger partial charge in [0.1, 0.15) is 5.69 Å². The highest BCUT2D eigenvalue weighted by Gasteiger charge is 2.21. The summed E-state index contributed by atoms with van der Waals surface area (Å²) in [5, 5.41) is 2.22. The fourth-order valence-corrected chi connectivity index (χ4v) is 1.47. The van der Waals surface area contributed by atoms with Gasteiger partial charge in [-0.15, -0.1) is 0 Å². The van der Waals surface area contributed by atoms with E-state index in [1.165, 1.54) is 6.92 Å². The van der Waals surface area contributed by atoms with E-state index in [0.29, 0.717) is 0 Å². The fraction of sp³-hybridized carbons (Fsp3) is 0.417. The second-order valence-electron chi connectivity index (χ2n) is 3.90. The highest BCUT2D eigenvalue weighted by atomic mass is 19.2. The SMILES string of the molecule is CCOC(=O)CC(C)Nc1c(F)c(F)cc(F)c1F. The minimum Gasteiger partial charge on any atom is -0.466 e. The van der Waals surface area contributed by atoms with Crippen molar-refractivity contribution in [3.05, 3.63) is 29.3 Å². The van der Waals surface area contributed by atoms with Crippen molar-refractivity contribution >= 4 is 11.7 Å². The molecule has 0 fully saturated rings. The second-order valence-corrected chi connectivity index (χ2v) is 3.90. The third kappa shape index (κ3) is 3.84. The Hall–Kier alpha value is -1.79. The third-order valence-corrected chi connectivity index (χ3v) is 2.28. The Balaban J connectivity index is 2.85. The molecular formula is C12H13F4NO2. The van der Waals surface area contributed by atoms with Gasteiger partial charge >= 0.3 is 5.97 Å². The van der Waals surface area contributed by atoms with Gasteiger partial charge in [-0.2, -0.15) is 0 Å². The first-order valence-electron chi connectivity index (χ1n) is 5.62. The molecule has 0 aliphatic heterocycles. The van der Waals surface area contributed by atoms with Crippen molar-refractivity contribution in [1.29, 1.82) is 0 Å². The van der Waals surface area contributed by atoms with Crippen LogP contribution in [-0.2, 0) is 9.53 Å². The number of anilines is 1. The molecule has 1 unspecified atom stereocenters. The molecule has 1 rings (SSSR count). The first kappa shape index (κ1) is 15.3. The molecule has 106 valence electrons. The van der Waals surface area contributed by atoms with E-state index in [2.05, 4.69) is 10.1 Å². The maximum absolute atomic E-state index is 13.3. The number of ether oxygens (including phenoxy) is 1. The molecule has 1 atom stereocenters. The molecule has 1 N–H and O–H groups in total. The summed E-state index contributed by atoms with van der Waals surface area (Å²) in [4.78, 5) is 11.1. The van der Waals surface area contributed by atoms with E-state index in [9.17, 15) is 22.4 Å². The summed E-state index contributed by atoms with van der Waals surface area (Å²) in [5.41, 5.74) is -0.936. The van der Waals surface area contributed by atoms with E-state index in [1.807, 2.05) is 0 Å². The molecule has 7 heteroatoms. The molecule has 0 aliphatic rings. The lowest BCUT2D eigenvalue weighted by atomic mass is 10.2. The topological polar surface area (TPSA) is 38.3 Å². The van der Waals surface area contributed by atoms with E-state index in [1.54, 1.807) is 6.92 Å². The van der Waals surface area contributed by atoms with Crippen LogP contribution in [0.1, 0.15) is 20.3 Å². The molecule has 1 aromatic carbocycles. The van der Waals surface area contributed by atoms with Crippen molar-refractivity contribution in [3.63, 3.8) is 0 Å². The largest absolute Gasteiger partial charge is 0.466 e. The molecule has 3 nitrogen and oxygen atoms in total. The normalized spacial score (nSPS) is 12.1. The van der Waals surface area contributed by atoms with Crippen LogP contribution in [0.3, 0.4) is 0 Å². The number of carbonyl (C=O) groups is 1. The van der Waals surface area contributed by atoms with Crippen LogP contribution in [0.4, 0.5) is 23.2 Å². The molecule has 0 spiro atoms. The molecule has 0 saturated carbocycles. The molecule has 0 heterocycles. The lowest BCUT2D eigenvalue weighted by molar-refractivity contribution is -0.143. The summed E-state index contributed by atoms with van der Waals surface area (Å²) in [7, 11) is 0. The van der Waals surface area contributed by atoms with Crippen molar-refractivity contribution in [1.82, 2.24) is 0 Å². The number of carbonyl (C=O) groups excluding carboxylic acids is 1. The van der Waals surface area contributed by atoms with Crippen LogP contribution in [0.2, 0.25) is 0 Å². The van der Waals surface area contributed by atoms with Gasteiger partial charge in [0, 0.05) is 12.1 Å². The van der Waals surface area contributed by atoms with Gasteiger partial charge < -0.3 is 10.1 Å². The van der Waals surface area contributed by atoms with E-state index < -0.39 is 41.0 Å². The Bertz CT molecular complexity index is 453. The van der Waals surface area contributed by atoms with Gasteiger partial charge in [0.05, 0.1) is 13.0 Å². The van der Waals surface area contributed by atoms with Crippen molar-refractivity contribution in [2.45, 2.75) is 26.3 Å². The van der Waals surface area contributed by atoms with Crippen molar-refractivity contribution < 1.29 is 27.1 Å². The lowest BCUT2D eigenvalue weighted by Gasteiger charge is -2.16. The molecule has 0 bridgehead atoms. The quantitative estimate of drug-likeness (QED) is 0.511.